The maximum absolute atomic E-state index is 10.1. The van der Waals surface area contributed by atoms with Crippen LogP contribution in [0.25, 0.3) is 0 Å². The van der Waals surface area contributed by atoms with E-state index >= 15 is 0 Å². The quantitative estimate of drug-likeness (QED) is 0.827. The fourth-order valence-corrected chi connectivity index (χ4v) is 3.16. The van der Waals surface area contributed by atoms with Gasteiger partial charge >= 0.3 is 0 Å². The molecule has 1 aliphatic carbocycles. The van der Waals surface area contributed by atoms with Crippen LogP contribution in [0.15, 0.2) is 28.7 Å². The number of aliphatic hydroxyl groups is 1. The molecule has 0 amide bonds. The molecule has 0 aromatic heterocycles. The summed E-state index contributed by atoms with van der Waals surface area (Å²) in [5.41, 5.74) is 1.26. The molecule has 2 N–H and O–H groups in total. The monoisotopic (exact) mass is 325 g/mol. The Morgan fingerprint density at radius 1 is 1.26 bits per heavy atom. The molecule has 1 saturated carbocycles. The van der Waals surface area contributed by atoms with E-state index in [0.717, 1.165) is 16.8 Å². The Hall–Kier alpha value is -0.380. The van der Waals surface area contributed by atoms with E-state index in [1.807, 2.05) is 0 Å². The Morgan fingerprint density at radius 2 is 1.89 bits per heavy atom. The van der Waals surface area contributed by atoms with Gasteiger partial charge in [0.25, 0.3) is 0 Å². The number of halogens is 1. The summed E-state index contributed by atoms with van der Waals surface area (Å²) < 4.78 is 1.10. The van der Waals surface area contributed by atoms with E-state index in [2.05, 4.69) is 52.4 Å². The van der Waals surface area contributed by atoms with Crippen molar-refractivity contribution in [1.29, 1.82) is 0 Å². The molecule has 0 saturated heterocycles. The lowest BCUT2D eigenvalue weighted by molar-refractivity contribution is 0.137. The summed E-state index contributed by atoms with van der Waals surface area (Å²) in [6, 6.07) is 8.63. The Labute approximate surface area is 124 Å². The van der Waals surface area contributed by atoms with Gasteiger partial charge in [0.2, 0.25) is 0 Å². The van der Waals surface area contributed by atoms with Crippen LogP contribution in [0.4, 0.5) is 0 Å². The minimum atomic E-state index is -0.207. The highest BCUT2D eigenvalue weighted by atomic mass is 79.9. The Kier molecular flexibility index (Phi) is 5.86. The van der Waals surface area contributed by atoms with E-state index < -0.39 is 0 Å². The summed E-state index contributed by atoms with van der Waals surface area (Å²) in [7, 11) is 0. The summed E-state index contributed by atoms with van der Waals surface area (Å²) in [6.07, 6.45) is 6.06. The van der Waals surface area contributed by atoms with E-state index in [1.165, 1.54) is 31.2 Å². The molecule has 0 spiro atoms. The zero-order valence-corrected chi connectivity index (χ0v) is 13.2. The molecule has 2 rings (SSSR count). The van der Waals surface area contributed by atoms with Crippen LogP contribution >= 0.6 is 15.9 Å². The molecule has 1 unspecified atom stereocenters. The molecule has 1 aromatic rings. The van der Waals surface area contributed by atoms with Gasteiger partial charge in [0.15, 0.2) is 0 Å². The standard InChI is InChI=1S/C16H24BrNO/c1-12(14-6-8-15(17)9-7-14)18-11-16(19)10-13-4-2-3-5-13/h6-9,12-13,16,18-19H,2-5,10-11H2,1H3/t12-,16?/m1/s1. The van der Waals surface area contributed by atoms with Crippen LogP contribution in [0.5, 0.6) is 0 Å². The highest BCUT2D eigenvalue weighted by molar-refractivity contribution is 9.10. The van der Waals surface area contributed by atoms with Gasteiger partial charge in [-0.3, -0.25) is 0 Å². The summed E-state index contributed by atoms with van der Waals surface area (Å²) in [5.74, 6) is 0.750. The molecule has 3 heteroatoms. The minimum absolute atomic E-state index is 0.207. The van der Waals surface area contributed by atoms with Gasteiger partial charge in [-0.2, -0.15) is 0 Å². The summed E-state index contributed by atoms with van der Waals surface area (Å²) >= 11 is 3.45. The lowest BCUT2D eigenvalue weighted by atomic mass is 10.00. The molecule has 2 atom stereocenters. The average molecular weight is 326 g/mol. The summed E-state index contributed by atoms with van der Waals surface area (Å²) in [5, 5.41) is 13.5. The SMILES string of the molecule is C[C@@H](NCC(O)CC1CCCC1)c1ccc(Br)cc1. The second-order valence-electron chi connectivity index (χ2n) is 5.72. The highest BCUT2D eigenvalue weighted by Crippen LogP contribution is 2.28. The first-order valence-electron chi connectivity index (χ1n) is 7.32. The van der Waals surface area contributed by atoms with Crippen molar-refractivity contribution >= 4 is 15.9 Å². The van der Waals surface area contributed by atoms with E-state index in [-0.39, 0.29) is 12.1 Å². The van der Waals surface area contributed by atoms with E-state index in [0.29, 0.717) is 6.54 Å². The van der Waals surface area contributed by atoms with Crippen molar-refractivity contribution in [2.45, 2.75) is 51.2 Å². The predicted molar refractivity (Wildman–Crippen MR) is 83.1 cm³/mol. The van der Waals surface area contributed by atoms with Gasteiger partial charge in [0, 0.05) is 17.1 Å². The third-order valence-electron chi connectivity index (χ3n) is 4.11. The summed E-state index contributed by atoms with van der Waals surface area (Å²) in [4.78, 5) is 0. The first-order chi connectivity index (χ1) is 9.15. The van der Waals surface area contributed by atoms with Gasteiger partial charge in [-0.05, 0) is 37.0 Å². The molecule has 0 bridgehead atoms. The van der Waals surface area contributed by atoms with Gasteiger partial charge in [0.1, 0.15) is 0 Å². The number of nitrogens with one attached hydrogen (secondary N) is 1. The van der Waals surface area contributed by atoms with Crippen LogP contribution in [0.1, 0.15) is 50.6 Å². The molecule has 2 nitrogen and oxygen atoms in total. The van der Waals surface area contributed by atoms with Gasteiger partial charge < -0.3 is 10.4 Å². The number of hydrogen-bond acceptors (Lipinski definition) is 2. The fraction of sp³-hybridized carbons (Fsp3) is 0.625. The van der Waals surface area contributed by atoms with Crippen LogP contribution in [-0.4, -0.2) is 17.8 Å². The molecule has 0 aliphatic heterocycles. The first kappa shape index (κ1) is 15.0. The predicted octanol–water partition coefficient (Wildman–Crippen LogP) is 4.04. The smallest absolute Gasteiger partial charge is 0.0667 e. The second kappa shape index (κ2) is 7.41. The van der Waals surface area contributed by atoms with Crippen molar-refractivity contribution in [3.05, 3.63) is 34.3 Å². The Bertz CT molecular complexity index is 373. The molecule has 19 heavy (non-hydrogen) atoms. The molecule has 106 valence electrons. The maximum Gasteiger partial charge on any atom is 0.0667 e. The largest absolute Gasteiger partial charge is 0.392 e. The molecular weight excluding hydrogens is 302 g/mol. The van der Waals surface area contributed by atoms with Crippen molar-refractivity contribution in [2.75, 3.05) is 6.54 Å². The van der Waals surface area contributed by atoms with Crippen molar-refractivity contribution in [3.63, 3.8) is 0 Å². The van der Waals surface area contributed by atoms with Gasteiger partial charge in [0.05, 0.1) is 6.10 Å². The van der Waals surface area contributed by atoms with Crippen LogP contribution < -0.4 is 5.32 Å². The number of rotatable bonds is 6. The third kappa shape index (κ3) is 4.90. The molecular formula is C16H24BrNO. The van der Waals surface area contributed by atoms with Gasteiger partial charge in [-0.25, -0.2) is 0 Å². The number of aliphatic hydroxyl groups excluding tert-OH is 1. The zero-order chi connectivity index (χ0) is 13.7. The van der Waals surface area contributed by atoms with E-state index in [4.69, 9.17) is 0 Å². The molecule has 1 aromatic carbocycles. The molecule has 0 heterocycles. The fourth-order valence-electron chi connectivity index (χ4n) is 2.90. The molecule has 1 aliphatic rings. The minimum Gasteiger partial charge on any atom is -0.392 e. The lowest BCUT2D eigenvalue weighted by Gasteiger charge is -2.19. The maximum atomic E-state index is 10.1. The van der Waals surface area contributed by atoms with Crippen molar-refractivity contribution in [1.82, 2.24) is 5.32 Å². The van der Waals surface area contributed by atoms with Crippen molar-refractivity contribution in [3.8, 4) is 0 Å². The van der Waals surface area contributed by atoms with Crippen LogP contribution in [0.3, 0.4) is 0 Å². The second-order valence-corrected chi connectivity index (χ2v) is 6.64. The van der Waals surface area contributed by atoms with Crippen LogP contribution in [0, 0.1) is 5.92 Å². The lowest BCUT2D eigenvalue weighted by Crippen LogP contribution is -2.30. The van der Waals surface area contributed by atoms with Crippen LogP contribution in [-0.2, 0) is 0 Å². The highest BCUT2D eigenvalue weighted by Gasteiger charge is 2.19. The number of hydrogen-bond donors (Lipinski definition) is 2. The first-order valence-corrected chi connectivity index (χ1v) is 8.11. The number of benzene rings is 1. The van der Waals surface area contributed by atoms with E-state index in [1.54, 1.807) is 0 Å². The van der Waals surface area contributed by atoms with Gasteiger partial charge in [-0.15, -0.1) is 0 Å². The van der Waals surface area contributed by atoms with E-state index in [9.17, 15) is 5.11 Å². The van der Waals surface area contributed by atoms with Gasteiger partial charge in [-0.1, -0.05) is 53.7 Å². The normalized spacial score (nSPS) is 19.5. The van der Waals surface area contributed by atoms with Crippen LogP contribution in [0.2, 0.25) is 0 Å². The van der Waals surface area contributed by atoms with Crippen molar-refractivity contribution in [2.24, 2.45) is 5.92 Å². The molecule has 1 fully saturated rings. The topological polar surface area (TPSA) is 32.3 Å². The Balaban J connectivity index is 1.73. The molecule has 0 radical (unpaired) electrons. The van der Waals surface area contributed by atoms with Crippen molar-refractivity contribution < 1.29 is 5.11 Å². The Morgan fingerprint density at radius 3 is 2.53 bits per heavy atom. The summed E-state index contributed by atoms with van der Waals surface area (Å²) in [6.45, 7) is 2.83. The zero-order valence-electron chi connectivity index (χ0n) is 11.6. The average Bonchev–Trinajstić information content (AvgIpc) is 2.89. The third-order valence-corrected chi connectivity index (χ3v) is 4.64.